The van der Waals surface area contributed by atoms with Gasteiger partial charge >= 0.3 is 5.97 Å². The number of carbonyl (C=O) groups excluding carboxylic acids is 1. The Morgan fingerprint density at radius 2 is 1.60 bits per heavy atom. The number of carboxylic acid groups (broad SMARTS) is 1. The van der Waals surface area contributed by atoms with Crippen molar-refractivity contribution in [3.05, 3.63) is 54.1 Å². The average molecular weight is 345 g/mol. The van der Waals surface area contributed by atoms with E-state index >= 15 is 0 Å². The summed E-state index contributed by atoms with van der Waals surface area (Å²) in [5.74, 6) is -0.650. The van der Waals surface area contributed by atoms with Crippen LogP contribution in [-0.4, -0.2) is 37.8 Å². The van der Waals surface area contributed by atoms with Gasteiger partial charge in [-0.3, -0.25) is 4.79 Å². The summed E-state index contributed by atoms with van der Waals surface area (Å²) in [5, 5.41) is 11.8. The molecule has 1 atom stereocenters. The predicted octanol–water partition coefficient (Wildman–Crippen LogP) is 2.02. The summed E-state index contributed by atoms with van der Waals surface area (Å²) in [4.78, 5) is 23.5. The highest BCUT2D eigenvalue weighted by molar-refractivity contribution is 5.85. The molecule has 0 aliphatic heterocycles. The van der Waals surface area contributed by atoms with E-state index in [1.807, 2.05) is 0 Å². The van der Waals surface area contributed by atoms with Crippen molar-refractivity contribution in [2.75, 3.05) is 20.8 Å². The van der Waals surface area contributed by atoms with Gasteiger partial charge in [-0.25, -0.2) is 4.79 Å². The number of para-hydroxylation sites is 1. The number of carboxylic acids is 1. The van der Waals surface area contributed by atoms with E-state index < -0.39 is 17.9 Å². The van der Waals surface area contributed by atoms with Gasteiger partial charge in [-0.2, -0.15) is 0 Å². The van der Waals surface area contributed by atoms with Gasteiger partial charge in [0.05, 0.1) is 14.2 Å². The maximum atomic E-state index is 12.1. The lowest BCUT2D eigenvalue weighted by Crippen LogP contribution is -2.36. The summed E-state index contributed by atoms with van der Waals surface area (Å²) in [6.45, 7) is -0.382. The highest BCUT2D eigenvalue weighted by atomic mass is 16.5. The highest BCUT2D eigenvalue weighted by Gasteiger charge is 2.22. The van der Waals surface area contributed by atoms with Gasteiger partial charge in [0.25, 0.3) is 5.91 Å². The molecule has 132 valence electrons. The van der Waals surface area contributed by atoms with Gasteiger partial charge in [-0.05, 0) is 17.7 Å². The Balaban J connectivity index is 2.06. The number of ether oxygens (including phenoxy) is 3. The number of aliphatic carboxylic acids is 1. The number of hydrogen-bond donors (Lipinski definition) is 2. The third kappa shape index (κ3) is 4.63. The fourth-order valence-electron chi connectivity index (χ4n) is 2.23. The normalized spacial score (nSPS) is 11.3. The second-order valence-corrected chi connectivity index (χ2v) is 5.03. The van der Waals surface area contributed by atoms with E-state index in [1.165, 1.54) is 14.2 Å². The lowest BCUT2D eigenvalue weighted by atomic mass is 10.1. The molecule has 7 nitrogen and oxygen atoms in total. The highest BCUT2D eigenvalue weighted by Crippen LogP contribution is 2.36. The lowest BCUT2D eigenvalue weighted by molar-refractivity contribution is -0.142. The van der Waals surface area contributed by atoms with Gasteiger partial charge in [-0.1, -0.05) is 36.4 Å². The van der Waals surface area contributed by atoms with Crippen LogP contribution in [0.2, 0.25) is 0 Å². The van der Waals surface area contributed by atoms with Crippen molar-refractivity contribution >= 4 is 11.9 Å². The largest absolute Gasteiger partial charge is 0.493 e. The van der Waals surface area contributed by atoms with Crippen molar-refractivity contribution < 1.29 is 28.9 Å². The zero-order valence-electron chi connectivity index (χ0n) is 13.9. The summed E-state index contributed by atoms with van der Waals surface area (Å²) in [6.07, 6.45) is 0. The number of carbonyl (C=O) groups is 2. The Morgan fingerprint density at radius 3 is 2.12 bits per heavy atom. The Kier molecular flexibility index (Phi) is 6.22. The van der Waals surface area contributed by atoms with Crippen LogP contribution in [0.5, 0.6) is 17.2 Å². The first-order valence-electron chi connectivity index (χ1n) is 7.47. The molecular formula is C18H19NO6. The Labute approximate surface area is 145 Å². The van der Waals surface area contributed by atoms with Crippen LogP contribution >= 0.6 is 0 Å². The number of hydrogen-bond acceptors (Lipinski definition) is 5. The standard InChI is InChI=1S/C18H19NO6/c1-23-13-9-6-10-14(24-2)17(13)25-11-15(20)19-16(18(21)22)12-7-4-3-5-8-12/h3-10,16H,11H2,1-2H3,(H,19,20)(H,21,22)/t16-/m1/s1. The van der Waals surface area contributed by atoms with Crippen LogP contribution in [0.25, 0.3) is 0 Å². The summed E-state index contributed by atoms with van der Waals surface area (Å²) < 4.78 is 15.8. The molecule has 0 unspecified atom stereocenters. The summed E-state index contributed by atoms with van der Waals surface area (Å²) >= 11 is 0. The maximum absolute atomic E-state index is 12.1. The monoisotopic (exact) mass is 345 g/mol. The SMILES string of the molecule is COc1cccc(OC)c1OCC(=O)N[C@@H](C(=O)O)c1ccccc1. The van der Waals surface area contributed by atoms with E-state index in [0.29, 0.717) is 17.1 Å². The van der Waals surface area contributed by atoms with E-state index in [0.717, 1.165) is 0 Å². The number of nitrogens with one attached hydrogen (secondary N) is 1. The van der Waals surface area contributed by atoms with Gasteiger partial charge in [-0.15, -0.1) is 0 Å². The first-order chi connectivity index (χ1) is 12.1. The quantitative estimate of drug-likeness (QED) is 0.760. The second-order valence-electron chi connectivity index (χ2n) is 5.03. The van der Waals surface area contributed by atoms with Crippen molar-refractivity contribution in [2.45, 2.75) is 6.04 Å². The lowest BCUT2D eigenvalue weighted by Gasteiger charge is -2.17. The number of methoxy groups -OCH3 is 2. The molecule has 25 heavy (non-hydrogen) atoms. The van der Waals surface area contributed by atoms with Crippen LogP contribution in [0.1, 0.15) is 11.6 Å². The summed E-state index contributed by atoms with van der Waals surface area (Å²) in [6, 6.07) is 12.3. The molecule has 0 saturated carbocycles. The molecule has 0 heterocycles. The average Bonchev–Trinajstić information content (AvgIpc) is 2.64. The number of benzene rings is 2. The van der Waals surface area contributed by atoms with Gasteiger partial charge in [0, 0.05) is 0 Å². The van der Waals surface area contributed by atoms with Gasteiger partial charge in [0.2, 0.25) is 5.75 Å². The predicted molar refractivity (Wildman–Crippen MR) is 90.0 cm³/mol. The number of amides is 1. The van der Waals surface area contributed by atoms with Crippen molar-refractivity contribution in [3.8, 4) is 17.2 Å². The van der Waals surface area contributed by atoms with Crippen LogP contribution in [0, 0.1) is 0 Å². The summed E-state index contributed by atoms with van der Waals surface area (Å²) in [7, 11) is 2.94. The van der Waals surface area contributed by atoms with Gasteiger partial charge < -0.3 is 24.6 Å². The molecule has 0 spiro atoms. The molecule has 2 N–H and O–H groups in total. The molecular weight excluding hydrogens is 326 g/mol. The molecule has 0 saturated heterocycles. The Bertz CT molecular complexity index is 709. The maximum Gasteiger partial charge on any atom is 0.330 e. The molecule has 2 rings (SSSR count). The van der Waals surface area contributed by atoms with Crippen molar-refractivity contribution in [1.29, 1.82) is 0 Å². The molecule has 0 aliphatic carbocycles. The molecule has 1 amide bonds. The minimum absolute atomic E-state index is 0.272. The fraction of sp³-hybridized carbons (Fsp3) is 0.222. The summed E-state index contributed by atoms with van der Waals surface area (Å²) in [5.41, 5.74) is 0.471. The first-order valence-corrected chi connectivity index (χ1v) is 7.47. The number of rotatable bonds is 8. The Hall–Kier alpha value is -3.22. The van der Waals surface area contributed by atoms with Crippen molar-refractivity contribution in [3.63, 3.8) is 0 Å². The Morgan fingerprint density at radius 1 is 1.00 bits per heavy atom. The second kappa shape index (κ2) is 8.58. The minimum atomic E-state index is -1.16. The smallest absolute Gasteiger partial charge is 0.330 e. The molecule has 2 aromatic carbocycles. The molecule has 0 bridgehead atoms. The van der Waals surface area contributed by atoms with E-state index in [9.17, 15) is 14.7 Å². The van der Waals surface area contributed by atoms with Crippen LogP contribution in [0.15, 0.2) is 48.5 Å². The van der Waals surface area contributed by atoms with Crippen LogP contribution < -0.4 is 19.5 Å². The minimum Gasteiger partial charge on any atom is -0.493 e. The fourth-order valence-corrected chi connectivity index (χ4v) is 2.23. The molecule has 0 aromatic heterocycles. The molecule has 0 fully saturated rings. The third-order valence-corrected chi connectivity index (χ3v) is 3.42. The zero-order valence-corrected chi connectivity index (χ0v) is 13.9. The van der Waals surface area contributed by atoms with Crippen LogP contribution in [0.4, 0.5) is 0 Å². The van der Waals surface area contributed by atoms with Crippen molar-refractivity contribution in [1.82, 2.24) is 5.32 Å². The van der Waals surface area contributed by atoms with E-state index in [1.54, 1.807) is 48.5 Å². The van der Waals surface area contributed by atoms with Crippen LogP contribution in [-0.2, 0) is 9.59 Å². The topological polar surface area (TPSA) is 94.1 Å². The van der Waals surface area contributed by atoms with E-state index in [4.69, 9.17) is 14.2 Å². The van der Waals surface area contributed by atoms with Gasteiger partial charge in [0.15, 0.2) is 24.1 Å². The third-order valence-electron chi connectivity index (χ3n) is 3.42. The van der Waals surface area contributed by atoms with Gasteiger partial charge in [0.1, 0.15) is 0 Å². The van der Waals surface area contributed by atoms with Crippen LogP contribution in [0.3, 0.4) is 0 Å². The van der Waals surface area contributed by atoms with Crippen molar-refractivity contribution in [2.24, 2.45) is 0 Å². The molecule has 0 aliphatic rings. The van der Waals surface area contributed by atoms with E-state index in [2.05, 4.69) is 5.32 Å². The molecule has 7 heteroatoms. The van der Waals surface area contributed by atoms with E-state index in [-0.39, 0.29) is 12.4 Å². The molecule has 2 aromatic rings. The zero-order chi connectivity index (χ0) is 18.2. The first kappa shape index (κ1) is 18.1. The molecule has 0 radical (unpaired) electrons.